The highest BCUT2D eigenvalue weighted by Crippen LogP contribution is 2.28. The molecule has 3 rings (SSSR count). The normalized spacial score (nSPS) is 17.0. The highest BCUT2D eigenvalue weighted by Gasteiger charge is 2.35. The predicted octanol–water partition coefficient (Wildman–Crippen LogP) is 3.08. The Morgan fingerprint density at radius 1 is 1.36 bits per heavy atom. The molecular formula is C16H23ClN4O. The molecule has 0 spiro atoms. The van der Waals surface area contributed by atoms with Crippen molar-refractivity contribution in [1.29, 1.82) is 0 Å². The first-order valence-corrected chi connectivity index (χ1v) is 7.68. The smallest absolute Gasteiger partial charge is 0.244 e. The van der Waals surface area contributed by atoms with E-state index in [4.69, 9.17) is 5.73 Å². The molecule has 0 saturated heterocycles. The maximum atomic E-state index is 12.5. The largest absolute Gasteiger partial charge is 0.324 e. The number of halogens is 1. The molecule has 0 aliphatic heterocycles. The lowest BCUT2D eigenvalue weighted by Gasteiger charge is -2.31. The minimum absolute atomic E-state index is 0. The second-order valence-electron chi connectivity index (χ2n) is 5.90. The number of nitrogens with one attached hydrogen (secondary N) is 1. The molecule has 1 heterocycles. The molecule has 0 radical (unpaired) electrons. The number of carbonyl (C=O) groups is 1. The number of fused-ring (bicyclic) bond motifs is 1. The minimum Gasteiger partial charge on any atom is -0.324 e. The Bertz CT molecular complexity index is 661. The first-order chi connectivity index (χ1) is 10.1. The van der Waals surface area contributed by atoms with Gasteiger partial charge in [-0.3, -0.25) is 9.48 Å². The van der Waals surface area contributed by atoms with Crippen molar-refractivity contribution in [2.45, 2.75) is 51.1 Å². The molecule has 6 heteroatoms. The van der Waals surface area contributed by atoms with Crippen molar-refractivity contribution < 1.29 is 4.79 Å². The highest BCUT2D eigenvalue weighted by molar-refractivity contribution is 5.99. The molecule has 1 aliphatic carbocycles. The van der Waals surface area contributed by atoms with Crippen molar-refractivity contribution in [3.63, 3.8) is 0 Å². The van der Waals surface area contributed by atoms with Crippen LogP contribution in [0.1, 0.15) is 39.0 Å². The van der Waals surface area contributed by atoms with E-state index >= 15 is 0 Å². The summed E-state index contributed by atoms with van der Waals surface area (Å²) in [5.74, 6) is -0.0656. The summed E-state index contributed by atoms with van der Waals surface area (Å²) in [4.78, 5) is 12.5. The van der Waals surface area contributed by atoms with Crippen LogP contribution < -0.4 is 11.1 Å². The SMILES string of the molecule is CCn1ncc2ccc(NC(=O)C3(N)CCCCC3)cc21.Cl. The summed E-state index contributed by atoms with van der Waals surface area (Å²) in [6, 6.07) is 5.86. The van der Waals surface area contributed by atoms with Crippen molar-refractivity contribution in [3.05, 3.63) is 24.4 Å². The van der Waals surface area contributed by atoms with Gasteiger partial charge in [-0.1, -0.05) is 19.3 Å². The Kier molecular flexibility index (Phi) is 5.08. The van der Waals surface area contributed by atoms with E-state index in [9.17, 15) is 4.79 Å². The molecule has 22 heavy (non-hydrogen) atoms. The number of benzene rings is 1. The van der Waals surface area contributed by atoms with Crippen LogP contribution in [-0.2, 0) is 11.3 Å². The third kappa shape index (κ3) is 3.10. The van der Waals surface area contributed by atoms with Gasteiger partial charge < -0.3 is 11.1 Å². The number of aryl methyl sites for hydroxylation is 1. The van der Waals surface area contributed by atoms with Crippen molar-refractivity contribution in [3.8, 4) is 0 Å². The summed E-state index contributed by atoms with van der Waals surface area (Å²) < 4.78 is 1.92. The Morgan fingerprint density at radius 3 is 2.77 bits per heavy atom. The predicted molar refractivity (Wildman–Crippen MR) is 91.3 cm³/mol. The average Bonchev–Trinajstić information content (AvgIpc) is 2.90. The molecule has 5 nitrogen and oxygen atoms in total. The third-order valence-corrected chi connectivity index (χ3v) is 4.40. The summed E-state index contributed by atoms with van der Waals surface area (Å²) in [5, 5.41) is 8.38. The fraction of sp³-hybridized carbons (Fsp3) is 0.500. The highest BCUT2D eigenvalue weighted by atomic mass is 35.5. The van der Waals surface area contributed by atoms with E-state index in [0.29, 0.717) is 0 Å². The number of hydrogen-bond acceptors (Lipinski definition) is 3. The van der Waals surface area contributed by atoms with E-state index in [1.807, 2.05) is 29.1 Å². The van der Waals surface area contributed by atoms with Crippen molar-refractivity contribution >= 4 is 34.9 Å². The fourth-order valence-electron chi connectivity index (χ4n) is 3.07. The first kappa shape index (κ1) is 16.8. The number of anilines is 1. The third-order valence-electron chi connectivity index (χ3n) is 4.40. The Hall–Kier alpha value is -1.59. The number of rotatable bonds is 3. The second-order valence-corrected chi connectivity index (χ2v) is 5.90. The van der Waals surface area contributed by atoms with Crippen molar-refractivity contribution in [2.75, 3.05) is 5.32 Å². The van der Waals surface area contributed by atoms with Crippen LogP contribution in [0, 0.1) is 0 Å². The number of carbonyl (C=O) groups excluding carboxylic acids is 1. The Morgan fingerprint density at radius 2 is 2.09 bits per heavy atom. The maximum absolute atomic E-state index is 12.5. The average molecular weight is 323 g/mol. The summed E-state index contributed by atoms with van der Waals surface area (Å²) in [7, 11) is 0. The zero-order chi connectivity index (χ0) is 14.9. The van der Waals surface area contributed by atoms with Gasteiger partial charge in [0.15, 0.2) is 0 Å². The molecule has 1 aromatic carbocycles. The van der Waals surface area contributed by atoms with Crippen LogP contribution in [0.5, 0.6) is 0 Å². The van der Waals surface area contributed by atoms with Crippen molar-refractivity contribution in [1.82, 2.24) is 9.78 Å². The van der Waals surface area contributed by atoms with Crippen LogP contribution in [-0.4, -0.2) is 21.2 Å². The van der Waals surface area contributed by atoms with Crippen LogP contribution in [0.2, 0.25) is 0 Å². The molecule has 2 aromatic rings. The summed E-state index contributed by atoms with van der Waals surface area (Å²) >= 11 is 0. The number of hydrogen-bond donors (Lipinski definition) is 2. The van der Waals surface area contributed by atoms with Gasteiger partial charge in [0, 0.05) is 17.6 Å². The van der Waals surface area contributed by atoms with Gasteiger partial charge in [-0.05, 0) is 38.0 Å². The van der Waals surface area contributed by atoms with E-state index in [-0.39, 0.29) is 18.3 Å². The fourth-order valence-corrected chi connectivity index (χ4v) is 3.07. The molecule has 1 aliphatic rings. The van der Waals surface area contributed by atoms with Gasteiger partial charge in [0.25, 0.3) is 0 Å². The summed E-state index contributed by atoms with van der Waals surface area (Å²) in [6.45, 7) is 2.86. The number of aromatic nitrogens is 2. The second kappa shape index (κ2) is 6.67. The maximum Gasteiger partial charge on any atom is 0.244 e. The molecule has 1 saturated carbocycles. The molecule has 0 bridgehead atoms. The minimum atomic E-state index is -0.710. The lowest BCUT2D eigenvalue weighted by Crippen LogP contribution is -2.52. The molecule has 120 valence electrons. The van der Waals surface area contributed by atoms with Crippen LogP contribution in [0.3, 0.4) is 0 Å². The zero-order valence-electron chi connectivity index (χ0n) is 12.8. The van der Waals surface area contributed by atoms with Gasteiger partial charge in [-0.25, -0.2) is 0 Å². The first-order valence-electron chi connectivity index (χ1n) is 7.68. The van der Waals surface area contributed by atoms with E-state index < -0.39 is 5.54 Å². The van der Waals surface area contributed by atoms with Gasteiger partial charge in [-0.2, -0.15) is 5.10 Å². The molecular weight excluding hydrogens is 300 g/mol. The van der Waals surface area contributed by atoms with Gasteiger partial charge in [0.2, 0.25) is 5.91 Å². The molecule has 1 fully saturated rings. The van der Waals surface area contributed by atoms with Gasteiger partial charge >= 0.3 is 0 Å². The van der Waals surface area contributed by atoms with Gasteiger partial charge in [0.05, 0.1) is 17.3 Å². The van der Waals surface area contributed by atoms with E-state index in [1.165, 1.54) is 6.42 Å². The topological polar surface area (TPSA) is 72.9 Å². The molecule has 3 N–H and O–H groups in total. The van der Waals surface area contributed by atoms with Crippen LogP contribution in [0.4, 0.5) is 5.69 Å². The van der Waals surface area contributed by atoms with Gasteiger partial charge in [-0.15, -0.1) is 12.4 Å². The van der Waals surface area contributed by atoms with Crippen molar-refractivity contribution in [2.24, 2.45) is 5.73 Å². The monoisotopic (exact) mass is 322 g/mol. The lowest BCUT2D eigenvalue weighted by atomic mass is 9.82. The Balaban J connectivity index is 0.00000176. The number of amides is 1. The van der Waals surface area contributed by atoms with Crippen LogP contribution in [0.25, 0.3) is 10.9 Å². The lowest BCUT2D eigenvalue weighted by molar-refractivity contribution is -0.122. The number of nitrogens with two attached hydrogens (primary N) is 1. The standard InChI is InChI=1S/C16H22N4O.ClH/c1-2-20-14-10-13(7-6-12(14)11-18-20)19-15(21)16(17)8-4-3-5-9-16;/h6-7,10-11H,2-5,8-9,17H2,1H3,(H,19,21);1H. The van der Waals surface area contributed by atoms with Gasteiger partial charge in [0.1, 0.15) is 0 Å². The zero-order valence-corrected chi connectivity index (χ0v) is 13.7. The molecule has 0 atom stereocenters. The molecule has 1 aromatic heterocycles. The van der Waals surface area contributed by atoms with Crippen LogP contribution in [0.15, 0.2) is 24.4 Å². The van der Waals surface area contributed by atoms with E-state index in [2.05, 4.69) is 17.3 Å². The van der Waals surface area contributed by atoms with E-state index in [1.54, 1.807) is 0 Å². The van der Waals surface area contributed by atoms with Crippen LogP contribution >= 0.6 is 12.4 Å². The summed E-state index contributed by atoms with van der Waals surface area (Å²) in [5.41, 5.74) is 7.38. The van der Waals surface area contributed by atoms with E-state index in [0.717, 1.165) is 48.8 Å². The Labute approximate surface area is 136 Å². The quantitative estimate of drug-likeness (QED) is 0.912. The molecule has 1 amide bonds. The summed E-state index contributed by atoms with van der Waals surface area (Å²) in [6.07, 6.45) is 6.63. The number of nitrogens with zero attached hydrogens (tertiary/aromatic N) is 2. The molecule has 0 unspecified atom stereocenters.